The molecular weight excluding hydrogens is 277 g/mol. The number of halogens is 4. The van der Waals surface area contributed by atoms with E-state index in [1.54, 1.807) is 0 Å². The lowest BCUT2D eigenvalue weighted by Gasteiger charge is -2.10. The summed E-state index contributed by atoms with van der Waals surface area (Å²) in [4.78, 5) is 11.0. The van der Waals surface area contributed by atoms with Crippen LogP contribution in [0.3, 0.4) is 0 Å². The predicted molar refractivity (Wildman–Crippen MR) is 50.5 cm³/mol. The molecule has 1 aromatic rings. The molecule has 0 saturated carbocycles. The number of benzene rings is 1. The Kier molecular flexibility index (Phi) is 3.38. The van der Waals surface area contributed by atoms with Crippen LogP contribution in [-0.2, 0) is 10.9 Å². The van der Waals surface area contributed by atoms with E-state index in [1.807, 2.05) is 0 Å². The van der Waals surface area contributed by atoms with Gasteiger partial charge in [0.2, 0.25) is 0 Å². The minimum Gasteiger partial charge on any atom is -0.465 e. The smallest absolute Gasteiger partial charge is 0.417 e. The van der Waals surface area contributed by atoms with Crippen molar-refractivity contribution in [3.05, 3.63) is 33.8 Å². The lowest BCUT2D eigenvalue weighted by molar-refractivity contribution is -0.138. The van der Waals surface area contributed by atoms with Crippen molar-refractivity contribution in [3.63, 3.8) is 0 Å². The highest BCUT2D eigenvalue weighted by Crippen LogP contribution is 2.35. The van der Waals surface area contributed by atoms with Gasteiger partial charge in [0.05, 0.1) is 18.2 Å². The van der Waals surface area contributed by atoms with Crippen LogP contribution in [0.4, 0.5) is 13.2 Å². The molecular formula is C9H6BrF3O2. The molecule has 0 N–H and O–H groups in total. The van der Waals surface area contributed by atoms with Gasteiger partial charge in [-0.2, -0.15) is 13.2 Å². The molecule has 0 aliphatic carbocycles. The quantitative estimate of drug-likeness (QED) is 0.739. The molecule has 0 heterocycles. The Bertz CT molecular complexity index is 387. The molecule has 1 aromatic carbocycles. The van der Waals surface area contributed by atoms with Crippen molar-refractivity contribution in [2.45, 2.75) is 6.18 Å². The molecule has 6 heteroatoms. The maximum absolute atomic E-state index is 12.4. The third kappa shape index (κ3) is 2.71. The van der Waals surface area contributed by atoms with Gasteiger partial charge in [-0.15, -0.1) is 0 Å². The molecule has 1 rings (SSSR count). The molecule has 0 aliphatic heterocycles. The first kappa shape index (κ1) is 12.0. The summed E-state index contributed by atoms with van der Waals surface area (Å²) in [6.45, 7) is 0. The SMILES string of the molecule is COC(=O)c1ccc(Br)c(C(F)(F)F)c1. The topological polar surface area (TPSA) is 26.3 Å². The van der Waals surface area contributed by atoms with E-state index in [0.29, 0.717) is 0 Å². The van der Waals surface area contributed by atoms with Gasteiger partial charge in [0.1, 0.15) is 0 Å². The molecule has 0 radical (unpaired) electrons. The van der Waals surface area contributed by atoms with Gasteiger partial charge in [-0.1, -0.05) is 15.9 Å². The van der Waals surface area contributed by atoms with Crippen molar-refractivity contribution in [2.24, 2.45) is 0 Å². The van der Waals surface area contributed by atoms with Gasteiger partial charge in [0.25, 0.3) is 0 Å². The lowest BCUT2D eigenvalue weighted by Crippen LogP contribution is -2.09. The molecule has 0 atom stereocenters. The Hall–Kier alpha value is -1.04. The second-order valence-electron chi connectivity index (χ2n) is 2.68. The minimum atomic E-state index is -4.50. The van der Waals surface area contributed by atoms with Crippen LogP contribution in [0, 0.1) is 0 Å². The van der Waals surface area contributed by atoms with Gasteiger partial charge < -0.3 is 4.74 Å². The van der Waals surface area contributed by atoms with Crippen molar-refractivity contribution in [2.75, 3.05) is 7.11 Å². The number of alkyl halides is 3. The fourth-order valence-corrected chi connectivity index (χ4v) is 1.46. The van der Waals surface area contributed by atoms with E-state index in [9.17, 15) is 18.0 Å². The second-order valence-corrected chi connectivity index (χ2v) is 3.54. The molecule has 0 amide bonds. The van der Waals surface area contributed by atoms with Gasteiger partial charge in [0.15, 0.2) is 0 Å². The van der Waals surface area contributed by atoms with Crippen LogP contribution < -0.4 is 0 Å². The van der Waals surface area contributed by atoms with Gasteiger partial charge in [-0.25, -0.2) is 4.79 Å². The zero-order valence-electron chi connectivity index (χ0n) is 7.56. The molecule has 0 bridgehead atoms. The highest BCUT2D eigenvalue weighted by atomic mass is 79.9. The summed E-state index contributed by atoms with van der Waals surface area (Å²) in [6.07, 6.45) is -4.50. The molecule has 0 fully saturated rings. The molecule has 15 heavy (non-hydrogen) atoms. The summed E-state index contributed by atoms with van der Waals surface area (Å²) >= 11 is 2.77. The number of hydrogen-bond donors (Lipinski definition) is 0. The second kappa shape index (κ2) is 4.22. The van der Waals surface area contributed by atoms with Crippen molar-refractivity contribution >= 4 is 21.9 Å². The number of carbonyl (C=O) groups is 1. The highest BCUT2D eigenvalue weighted by molar-refractivity contribution is 9.10. The van der Waals surface area contributed by atoms with Crippen LogP contribution in [-0.4, -0.2) is 13.1 Å². The largest absolute Gasteiger partial charge is 0.465 e. The van der Waals surface area contributed by atoms with E-state index in [0.717, 1.165) is 19.2 Å². The standard InChI is InChI=1S/C9H6BrF3O2/c1-15-8(14)5-2-3-7(10)6(4-5)9(11,12)13/h2-4H,1H3. The summed E-state index contributed by atoms with van der Waals surface area (Å²) in [6, 6.07) is 3.16. The van der Waals surface area contributed by atoms with Gasteiger partial charge >= 0.3 is 12.1 Å². The fourth-order valence-electron chi connectivity index (χ4n) is 0.987. The van der Waals surface area contributed by atoms with Crippen LogP contribution >= 0.6 is 15.9 Å². The van der Waals surface area contributed by atoms with E-state index in [4.69, 9.17) is 0 Å². The predicted octanol–water partition coefficient (Wildman–Crippen LogP) is 3.25. The lowest BCUT2D eigenvalue weighted by atomic mass is 10.1. The average Bonchev–Trinajstić information content (AvgIpc) is 2.15. The first-order valence-electron chi connectivity index (χ1n) is 3.81. The normalized spacial score (nSPS) is 11.3. The molecule has 0 aromatic heterocycles. The summed E-state index contributed by atoms with van der Waals surface area (Å²) in [5, 5.41) is 0. The summed E-state index contributed by atoms with van der Waals surface area (Å²) < 4.78 is 41.5. The van der Waals surface area contributed by atoms with E-state index in [1.165, 1.54) is 6.07 Å². The molecule has 0 unspecified atom stereocenters. The van der Waals surface area contributed by atoms with Crippen LogP contribution in [0.25, 0.3) is 0 Å². The Morgan fingerprint density at radius 3 is 2.47 bits per heavy atom. The van der Waals surface area contributed by atoms with Gasteiger partial charge in [-0.05, 0) is 18.2 Å². The Balaban J connectivity index is 3.23. The van der Waals surface area contributed by atoms with E-state index in [2.05, 4.69) is 20.7 Å². The number of esters is 1. The van der Waals surface area contributed by atoms with Crippen LogP contribution in [0.15, 0.2) is 22.7 Å². The molecule has 82 valence electrons. The maximum atomic E-state index is 12.4. The van der Waals surface area contributed by atoms with Crippen molar-refractivity contribution in [3.8, 4) is 0 Å². The van der Waals surface area contributed by atoms with Gasteiger partial charge in [0, 0.05) is 4.47 Å². The maximum Gasteiger partial charge on any atom is 0.417 e. The van der Waals surface area contributed by atoms with Crippen molar-refractivity contribution in [1.82, 2.24) is 0 Å². The molecule has 0 aliphatic rings. The Morgan fingerprint density at radius 2 is 2.00 bits per heavy atom. The monoisotopic (exact) mass is 282 g/mol. The van der Waals surface area contributed by atoms with Crippen molar-refractivity contribution < 1.29 is 22.7 Å². The van der Waals surface area contributed by atoms with E-state index in [-0.39, 0.29) is 10.0 Å². The fraction of sp³-hybridized carbons (Fsp3) is 0.222. The van der Waals surface area contributed by atoms with Crippen LogP contribution in [0.1, 0.15) is 15.9 Å². The average molecular weight is 283 g/mol. The van der Waals surface area contributed by atoms with E-state index < -0.39 is 17.7 Å². The number of ether oxygens (including phenoxy) is 1. The Labute approximate surface area is 92.2 Å². The molecule has 2 nitrogen and oxygen atoms in total. The molecule has 0 saturated heterocycles. The third-order valence-corrected chi connectivity index (χ3v) is 2.38. The van der Waals surface area contributed by atoms with E-state index >= 15 is 0 Å². The summed E-state index contributed by atoms with van der Waals surface area (Å²) in [5.74, 6) is -0.798. The van der Waals surface area contributed by atoms with Crippen molar-refractivity contribution in [1.29, 1.82) is 0 Å². The van der Waals surface area contributed by atoms with Crippen LogP contribution in [0.2, 0.25) is 0 Å². The Morgan fingerprint density at radius 1 is 1.40 bits per heavy atom. The zero-order valence-corrected chi connectivity index (χ0v) is 9.15. The first-order chi connectivity index (χ1) is 6.86. The number of hydrogen-bond acceptors (Lipinski definition) is 2. The number of rotatable bonds is 1. The minimum absolute atomic E-state index is 0.109. The summed E-state index contributed by atoms with van der Waals surface area (Å²) in [7, 11) is 1.11. The number of carbonyl (C=O) groups excluding carboxylic acids is 1. The summed E-state index contributed by atoms with van der Waals surface area (Å²) in [5.41, 5.74) is -1.03. The zero-order chi connectivity index (χ0) is 11.6. The van der Waals surface area contributed by atoms with Crippen LogP contribution in [0.5, 0.6) is 0 Å². The third-order valence-electron chi connectivity index (χ3n) is 1.69. The highest BCUT2D eigenvalue weighted by Gasteiger charge is 2.33. The molecule has 0 spiro atoms. The van der Waals surface area contributed by atoms with Gasteiger partial charge in [-0.3, -0.25) is 0 Å². The first-order valence-corrected chi connectivity index (χ1v) is 4.60. The number of methoxy groups -OCH3 is 1.